The first-order valence-electron chi connectivity index (χ1n) is 15.1. The number of rotatable bonds is 5. The maximum atomic E-state index is 9.87. The van der Waals surface area contributed by atoms with Gasteiger partial charge in [0.1, 0.15) is 7.05 Å². The zero-order valence-electron chi connectivity index (χ0n) is 26.4. The average Bonchev–Trinajstić information content (AvgIpc) is 3.28. The summed E-state index contributed by atoms with van der Waals surface area (Å²) in [6, 6.07) is 26.8. The topological polar surface area (TPSA) is 6.25 Å². The molecule has 0 N–H and O–H groups in total. The van der Waals surface area contributed by atoms with Crippen molar-refractivity contribution in [3.63, 3.8) is 0 Å². The van der Waals surface area contributed by atoms with Crippen molar-refractivity contribution in [1.29, 1.82) is 0 Å². The number of allylic oxidation sites excluding steroid dienone is 4. The van der Waals surface area contributed by atoms with Crippen molar-refractivity contribution < 1.29 is 29.8 Å². The molecule has 4 aromatic carbocycles. The van der Waals surface area contributed by atoms with Gasteiger partial charge in [0.2, 0.25) is 5.69 Å². The van der Waals surface area contributed by atoms with Gasteiger partial charge in [-0.1, -0.05) is 87.9 Å². The van der Waals surface area contributed by atoms with Crippen LogP contribution in [0.1, 0.15) is 58.6 Å². The Bertz CT molecular complexity index is 1890. The average molecular weight is 645 g/mol. The first-order chi connectivity index (χ1) is 20.7. The quantitative estimate of drug-likeness (QED) is 0.119. The van der Waals surface area contributed by atoms with E-state index in [-0.39, 0.29) is 10.8 Å². The second kappa shape index (κ2) is 10.4. The standard InChI is InChI=1S/C36H39N2.F6P/c1-7-8-24-38-30-23-21-26-15-10-12-17-28(26)34(30)36(4,5)32(38)19-13-18-31-35(2,3)33-27-16-11-9-14-25(27)20-22-29(33)37(31)6;1-7(2,3,4,5)6/h9-23H,7-8,24H2,1-6H3;/q+1;-1. The minimum absolute atomic E-state index is 0.0742. The normalized spacial score (nSPS) is 19.5. The van der Waals surface area contributed by atoms with Gasteiger partial charge in [-0.25, -0.2) is 0 Å². The fraction of sp³-hybridized carbons (Fsp3) is 0.306. The molecule has 2 nitrogen and oxygen atoms in total. The van der Waals surface area contributed by atoms with Crippen LogP contribution >= 0.6 is 7.81 Å². The van der Waals surface area contributed by atoms with Gasteiger partial charge in [-0.2, -0.15) is 4.58 Å². The number of hydrogen-bond donors (Lipinski definition) is 0. The predicted molar refractivity (Wildman–Crippen MR) is 178 cm³/mol. The number of halogens is 6. The summed E-state index contributed by atoms with van der Waals surface area (Å²) in [6.07, 6.45) is 9.39. The Hall–Kier alpha value is -3.64. The van der Waals surface area contributed by atoms with Crippen molar-refractivity contribution in [3.05, 3.63) is 108 Å². The SMILES string of the molecule is CCCCN1C(=CC=CC2=[N+](C)c3ccc4ccccc4c3C2(C)C)C(C)(C)c2c1ccc1ccccc21.F[P-](F)(F)(F)(F)F. The van der Waals surface area contributed by atoms with Crippen molar-refractivity contribution in [1.82, 2.24) is 0 Å². The fourth-order valence-electron chi connectivity index (χ4n) is 7.02. The van der Waals surface area contributed by atoms with Crippen molar-refractivity contribution in [2.45, 2.75) is 58.3 Å². The van der Waals surface area contributed by atoms with Crippen LogP contribution in [0.15, 0.2) is 96.7 Å². The summed E-state index contributed by atoms with van der Waals surface area (Å²) in [4.78, 5) is 2.58. The second-order valence-corrected chi connectivity index (χ2v) is 14.8. The third kappa shape index (κ3) is 6.67. The van der Waals surface area contributed by atoms with Crippen molar-refractivity contribution in [3.8, 4) is 0 Å². The summed E-state index contributed by atoms with van der Waals surface area (Å²) in [5.74, 6) is 0. The van der Waals surface area contributed by atoms with Gasteiger partial charge in [-0.05, 0) is 65.6 Å². The summed E-state index contributed by atoms with van der Waals surface area (Å²) >= 11 is 0. The molecule has 0 amide bonds. The molecule has 4 aromatic rings. The molecule has 240 valence electrons. The molecule has 0 radical (unpaired) electrons. The van der Waals surface area contributed by atoms with E-state index in [1.165, 1.54) is 68.3 Å². The summed E-state index contributed by atoms with van der Waals surface area (Å²) in [7, 11) is -8.44. The molecule has 2 aliphatic rings. The summed E-state index contributed by atoms with van der Waals surface area (Å²) in [5.41, 5.74) is 8.13. The zero-order chi connectivity index (χ0) is 33.1. The summed E-state index contributed by atoms with van der Waals surface area (Å²) < 4.78 is 61.6. The number of anilines is 1. The molecule has 2 aliphatic heterocycles. The number of benzene rings is 4. The number of nitrogens with zero attached hydrogens (tertiary/aromatic N) is 2. The number of fused-ring (bicyclic) bond motifs is 6. The number of unbranched alkanes of at least 4 members (excludes halogenated alkanes) is 1. The summed E-state index contributed by atoms with van der Waals surface area (Å²) in [5, 5.41) is 5.36. The Morgan fingerprint density at radius 3 is 1.84 bits per heavy atom. The van der Waals surface area contributed by atoms with Crippen LogP contribution in [-0.4, -0.2) is 23.9 Å². The van der Waals surface area contributed by atoms with Gasteiger partial charge in [-0.3, -0.25) is 0 Å². The third-order valence-electron chi connectivity index (χ3n) is 8.89. The van der Waals surface area contributed by atoms with Crippen LogP contribution in [0.5, 0.6) is 0 Å². The molecule has 0 aromatic heterocycles. The van der Waals surface area contributed by atoms with Gasteiger partial charge in [0.05, 0.1) is 5.41 Å². The Morgan fingerprint density at radius 1 is 0.733 bits per heavy atom. The Kier molecular flexibility index (Phi) is 7.60. The fourth-order valence-corrected chi connectivity index (χ4v) is 7.02. The Morgan fingerprint density at radius 2 is 1.27 bits per heavy atom. The van der Waals surface area contributed by atoms with Gasteiger partial charge >= 0.3 is 33.0 Å². The molecule has 0 spiro atoms. The van der Waals surface area contributed by atoms with Crippen LogP contribution < -0.4 is 4.90 Å². The maximum absolute atomic E-state index is 10.7. The second-order valence-electron chi connectivity index (χ2n) is 12.9. The minimum atomic E-state index is -10.7. The molecule has 0 saturated carbocycles. The van der Waals surface area contributed by atoms with Gasteiger partial charge in [0.15, 0.2) is 5.71 Å². The molecular weight excluding hydrogens is 605 g/mol. The number of hydrogen-bond acceptors (Lipinski definition) is 1. The van der Waals surface area contributed by atoms with Crippen LogP contribution in [0.3, 0.4) is 0 Å². The molecule has 45 heavy (non-hydrogen) atoms. The third-order valence-corrected chi connectivity index (χ3v) is 8.89. The molecule has 0 aliphatic carbocycles. The molecule has 6 rings (SSSR count). The Balaban J connectivity index is 0.000000515. The zero-order valence-corrected chi connectivity index (χ0v) is 27.3. The van der Waals surface area contributed by atoms with Crippen LogP contribution in [0.25, 0.3) is 21.5 Å². The van der Waals surface area contributed by atoms with Gasteiger partial charge < -0.3 is 4.90 Å². The van der Waals surface area contributed by atoms with E-state index in [0.29, 0.717) is 0 Å². The van der Waals surface area contributed by atoms with Gasteiger partial charge in [-0.15, -0.1) is 0 Å². The molecule has 0 saturated heterocycles. The van der Waals surface area contributed by atoms with Crippen molar-refractivity contribution in [2.75, 3.05) is 18.5 Å². The van der Waals surface area contributed by atoms with Crippen LogP contribution in [0.4, 0.5) is 36.6 Å². The van der Waals surface area contributed by atoms with E-state index in [2.05, 4.69) is 142 Å². The summed E-state index contributed by atoms with van der Waals surface area (Å²) in [6.45, 7) is 12.8. The van der Waals surface area contributed by atoms with Gasteiger partial charge in [0, 0.05) is 41.1 Å². The van der Waals surface area contributed by atoms with Crippen LogP contribution in [0.2, 0.25) is 0 Å². The van der Waals surface area contributed by atoms with Gasteiger partial charge in [0.25, 0.3) is 0 Å². The van der Waals surface area contributed by atoms with E-state index in [1.807, 2.05) is 0 Å². The predicted octanol–water partition coefficient (Wildman–Crippen LogP) is 12.4. The van der Waals surface area contributed by atoms with Crippen molar-refractivity contribution >= 4 is 46.4 Å². The van der Waals surface area contributed by atoms with Crippen LogP contribution in [0, 0.1) is 0 Å². The van der Waals surface area contributed by atoms with Crippen molar-refractivity contribution in [2.24, 2.45) is 0 Å². The molecule has 2 heterocycles. The first kappa shape index (κ1) is 32.7. The molecule has 0 fully saturated rings. The molecule has 0 unspecified atom stereocenters. The van der Waals surface area contributed by atoms with E-state index < -0.39 is 7.81 Å². The van der Waals surface area contributed by atoms with E-state index in [0.717, 1.165) is 6.54 Å². The monoisotopic (exact) mass is 644 g/mol. The molecule has 0 atom stereocenters. The van der Waals surface area contributed by atoms with Crippen LogP contribution in [-0.2, 0) is 10.8 Å². The molecular formula is C36H39F6N2P. The molecule has 0 bridgehead atoms. The van der Waals surface area contributed by atoms with E-state index in [1.54, 1.807) is 0 Å². The van der Waals surface area contributed by atoms with E-state index in [4.69, 9.17) is 0 Å². The van der Waals surface area contributed by atoms with E-state index in [9.17, 15) is 25.2 Å². The first-order valence-corrected chi connectivity index (χ1v) is 17.1. The Labute approximate surface area is 260 Å². The van der Waals surface area contributed by atoms with E-state index >= 15 is 0 Å². The molecule has 9 heteroatoms.